The highest BCUT2D eigenvalue weighted by Gasteiger charge is 2.38. The molecule has 1 unspecified atom stereocenters. The maximum absolute atomic E-state index is 12.2. The third-order valence-electron chi connectivity index (χ3n) is 6.09. The number of ether oxygens (including phenoxy) is 3. The van der Waals surface area contributed by atoms with Gasteiger partial charge in [-0.1, -0.05) is 31.5 Å². The molecule has 0 radical (unpaired) electrons. The highest BCUT2D eigenvalue weighted by atomic mass is 16.5. The number of benzene rings is 2. The number of hydrogen-bond donors (Lipinski definition) is 1. The van der Waals surface area contributed by atoms with E-state index in [4.69, 9.17) is 19.9 Å². The third-order valence-corrected chi connectivity index (χ3v) is 6.09. The normalized spacial score (nSPS) is 14.2. The van der Waals surface area contributed by atoms with Gasteiger partial charge in [-0.25, -0.2) is 0 Å². The number of hydrogen-bond acceptors (Lipinski definition) is 5. The zero-order valence-electron chi connectivity index (χ0n) is 18.9. The molecule has 0 saturated heterocycles. The minimum Gasteiger partial charge on any atom is -0.493 e. The fraction of sp³-hybridized carbons (Fsp3) is 0.440. The number of rotatable bonds is 9. The molecule has 0 fully saturated rings. The highest BCUT2D eigenvalue weighted by molar-refractivity contribution is 6.01. The Morgan fingerprint density at radius 3 is 2.39 bits per heavy atom. The lowest BCUT2D eigenvalue weighted by Crippen LogP contribution is -2.44. The molecule has 1 aliphatic rings. The van der Waals surface area contributed by atoms with E-state index in [1.54, 1.807) is 28.1 Å². The van der Waals surface area contributed by atoms with Gasteiger partial charge in [0.1, 0.15) is 6.10 Å². The predicted octanol–water partition coefficient (Wildman–Crippen LogP) is 4.56. The quantitative estimate of drug-likeness (QED) is 0.636. The smallest absolute Gasteiger partial charge is 0.226 e. The number of fused-ring (bicyclic) bond motifs is 1. The molecule has 2 N–H and O–H groups in total. The third kappa shape index (κ3) is 4.24. The van der Waals surface area contributed by atoms with Crippen molar-refractivity contribution < 1.29 is 23.8 Å². The minimum atomic E-state index is -0.883. The second kappa shape index (κ2) is 9.00. The van der Waals surface area contributed by atoms with Crippen LogP contribution in [-0.2, 0) is 11.2 Å². The van der Waals surface area contributed by atoms with E-state index in [1.807, 2.05) is 37.3 Å². The van der Waals surface area contributed by atoms with Crippen molar-refractivity contribution in [2.24, 2.45) is 11.1 Å². The molecule has 1 amide bonds. The van der Waals surface area contributed by atoms with Crippen LogP contribution in [0.4, 0.5) is 0 Å². The maximum atomic E-state index is 12.2. The van der Waals surface area contributed by atoms with Crippen LogP contribution in [0.2, 0.25) is 0 Å². The van der Waals surface area contributed by atoms with Gasteiger partial charge in [0, 0.05) is 17.5 Å². The Labute approximate surface area is 183 Å². The highest BCUT2D eigenvalue weighted by Crippen LogP contribution is 2.47. The number of aryl methyl sites for hydroxylation is 1. The largest absolute Gasteiger partial charge is 0.493 e. The minimum absolute atomic E-state index is 0.177. The lowest BCUT2D eigenvalue weighted by atomic mass is 9.83. The molecule has 0 saturated carbocycles. The number of primary amides is 1. The molecule has 0 bridgehead atoms. The number of nitrogens with two attached hydrogens (primary N) is 1. The van der Waals surface area contributed by atoms with Crippen molar-refractivity contribution in [1.29, 1.82) is 0 Å². The maximum Gasteiger partial charge on any atom is 0.226 e. The first-order chi connectivity index (χ1) is 14.7. The molecule has 0 aromatic heterocycles. The van der Waals surface area contributed by atoms with Crippen molar-refractivity contribution in [1.82, 2.24) is 0 Å². The van der Waals surface area contributed by atoms with Crippen molar-refractivity contribution in [2.75, 3.05) is 14.2 Å². The summed E-state index contributed by atoms with van der Waals surface area (Å²) in [5.74, 6) is 1.24. The number of carbonyl (C=O) groups is 2. The Kier molecular flexibility index (Phi) is 6.58. The van der Waals surface area contributed by atoms with E-state index in [0.29, 0.717) is 30.1 Å². The van der Waals surface area contributed by atoms with Crippen LogP contribution in [0.1, 0.15) is 56.0 Å². The van der Waals surface area contributed by atoms with E-state index in [-0.39, 0.29) is 5.78 Å². The topological polar surface area (TPSA) is 87.8 Å². The SMILES string of the molecule is CCCC(Oc1c(-c2ccc3c(c2)CCC3=O)ccc(OC)c1OC)C(C)(C)C(N)=O. The molecular weight excluding hydrogens is 394 g/mol. The van der Waals surface area contributed by atoms with Crippen LogP contribution < -0.4 is 19.9 Å². The van der Waals surface area contributed by atoms with Gasteiger partial charge in [-0.05, 0) is 49.9 Å². The van der Waals surface area contributed by atoms with Crippen molar-refractivity contribution in [3.8, 4) is 28.4 Å². The van der Waals surface area contributed by atoms with Crippen LogP contribution >= 0.6 is 0 Å². The van der Waals surface area contributed by atoms with E-state index in [2.05, 4.69) is 0 Å². The van der Waals surface area contributed by atoms with Gasteiger partial charge >= 0.3 is 0 Å². The van der Waals surface area contributed by atoms with E-state index in [9.17, 15) is 9.59 Å². The molecule has 0 heterocycles. The number of methoxy groups -OCH3 is 2. The van der Waals surface area contributed by atoms with E-state index in [1.165, 1.54) is 0 Å². The summed E-state index contributed by atoms with van der Waals surface area (Å²) < 4.78 is 17.7. The zero-order chi connectivity index (χ0) is 22.8. The summed E-state index contributed by atoms with van der Waals surface area (Å²) in [4.78, 5) is 24.2. The summed E-state index contributed by atoms with van der Waals surface area (Å²) in [7, 11) is 3.13. The molecule has 1 atom stereocenters. The molecule has 0 aliphatic heterocycles. The van der Waals surface area contributed by atoms with Gasteiger partial charge in [-0.3, -0.25) is 9.59 Å². The van der Waals surface area contributed by atoms with Crippen molar-refractivity contribution in [2.45, 2.75) is 52.6 Å². The fourth-order valence-corrected chi connectivity index (χ4v) is 4.00. The molecule has 0 spiro atoms. The average Bonchev–Trinajstić information content (AvgIpc) is 3.12. The summed E-state index contributed by atoms with van der Waals surface area (Å²) in [5.41, 5.74) is 8.35. The molecule has 31 heavy (non-hydrogen) atoms. The molecule has 6 nitrogen and oxygen atoms in total. The van der Waals surface area contributed by atoms with Crippen LogP contribution in [-0.4, -0.2) is 32.0 Å². The standard InChI is InChI=1S/C25H31NO5/c1-6-7-21(25(2,3)24(26)28)31-22-18(11-13-20(29-4)23(22)30-5)16-8-10-17-15(14-16)9-12-19(17)27/h8,10-11,13-14,21H,6-7,9,12H2,1-5H3,(H2,26,28). The number of amides is 1. The molecule has 1 aliphatic carbocycles. The Hall–Kier alpha value is -3.02. The zero-order valence-corrected chi connectivity index (χ0v) is 18.9. The molecule has 6 heteroatoms. The van der Waals surface area contributed by atoms with Gasteiger partial charge in [0.15, 0.2) is 17.3 Å². The van der Waals surface area contributed by atoms with Gasteiger partial charge < -0.3 is 19.9 Å². The van der Waals surface area contributed by atoms with Crippen LogP contribution in [0.15, 0.2) is 30.3 Å². The monoisotopic (exact) mass is 425 g/mol. The van der Waals surface area contributed by atoms with E-state index >= 15 is 0 Å². The van der Waals surface area contributed by atoms with Crippen molar-refractivity contribution in [3.63, 3.8) is 0 Å². The molecule has 166 valence electrons. The van der Waals surface area contributed by atoms with Crippen LogP contribution in [0.25, 0.3) is 11.1 Å². The van der Waals surface area contributed by atoms with Gasteiger partial charge in [-0.15, -0.1) is 0 Å². The first kappa shape index (κ1) is 22.7. The van der Waals surface area contributed by atoms with Crippen LogP contribution in [0, 0.1) is 5.41 Å². The molecular formula is C25H31NO5. The molecule has 2 aromatic carbocycles. The van der Waals surface area contributed by atoms with Crippen molar-refractivity contribution in [3.05, 3.63) is 41.5 Å². The molecule has 3 rings (SSSR count). The summed E-state index contributed by atoms with van der Waals surface area (Å²) in [6, 6.07) is 9.56. The second-order valence-corrected chi connectivity index (χ2v) is 8.45. The van der Waals surface area contributed by atoms with Gasteiger partial charge in [0.25, 0.3) is 0 Å². The lowest BCUT2D eigenvalue weighted by molar-refractivity contribution is -0.131. The lowest BCUT2D eigenvalue weighted by Gasteiger charge is -2.33. The number of ketones is 1. The fourth-order valence-electron chi connectivity index (χ4n) is 4.00. The Morgan fingerprint density at radius 2 is 1.77 bits per heavy atom. The first-order valence-electron chi connectivity index (χ1n) is 10.6. The van der Waals surface area contributed by atoms with Crippen molar-refractivity contribution >= 4 is 11.7 Å². The Morgan fingerprint density at radius 1 is 1.06 bits per heavy atom. The van der Waals surface area contributed by atoms with E-state index < -0.39 is 17.4 Å². The summed E-state index contributed by atoms with van der Waals surface area (Å²) >= 11 is 0. The first-order valence-corrected chi connectivity index (χ1v) is 10.6. The summed E-state index contributed by atoms with van der Waals surface area (Å²) in [6.07, 6.45) is 2.29. The number of Topliss-reactive ketones (excluding diaryl/α,β-unsaturated/α-hetero) is 1. The average molecular weight is 426 g/mol. The van der Waals surface area contributed by atoms with Gasteiger partial charge in [0.05, 0.1) is 19.6 Å². The van der Waals surface area contributed by atoms with Crippen LogP contribution in [0.5, 0.6) is 17.2 Å². The summed E-state index contributed by atoms with van der Waals surface area (Å²) in [5, 5.41) is 0. The van der Waals surface area contributed by atoms with E-state index in [0.717, 1.165) is 35.1 Å². The van der Waals surface area contributed by atoms with Crippen LogP contribution in [0.3, 0.4) is 0 Å². The van der Waals surface area contributed by atoms with Gasteiger partial charge in [0.2, 0.25) is 11.7 Å². The Bertz CT molecular complexity index is 996. The Balaban J connectivity index is 2.15. The summed E-state index contributed by atoms with van der Waals surface area (Å²) in [6.45, 7) is 5.63. The number of carbonyl (C=O) groups excluding carboxylic acids is 2. The van der Waals surface area contributed by atoms with Gasteiger partial charge in [-0.2, -0.15) is 0 Å². The second-order valence-electron chi connectivity index (χ2n) is 8.45. The molecule has 2 aromatic rings. The predicted molar refractivity (Wildman–Crippen MR) is 120 cm³/mol.